The number of aromatic nitrogens is 4. The molecule has 0 amide bonds. The summed E-state index contributed by atoms with van der Waals surface area (Å²) in [6.45, 7) is 4.98. The highest BCUT2D eigenvalue weighted by molar-refractivity contribution is 5.73. The largest absolute Gasteiger partial charge is 0.481 e. The normalized spacial score (nSPS) is 15.3. The number of carboxylic acids is 1. The van der Waals surface area contributed by atoms with Crippen molar-refractivity contribution < 1.29 is 27.8 Å². The molecule has 3 heterocycles. The molecule has 0 bridgehead atoms. The number of aryl methyl sites for hydroxylation is 1. The number of aromatic amines is 1. The summed E-state index contributed by atoms with van der Waals surface area (Å²) in [7, 11) is 0. The second-order valence-corrected chi connectivity index (χ2v) is 8.97. The predicted molar refractivity (Wildman–Crippen MR) is 114 cm³/mol. The molecule has 174 valence electrons. The zero-order valence-electron chi connectivity index (χ0n) is 18.3. The van der Waals surface area contributed by atoms with Gasteiger partial charge in [0.25, 0.3) is 0 Å². The van der Waals surface area contributed by atoms with Crippen molar-refractivity contribution in [3.8, 4) is 28.5 Å². The molecule has 0 aliphatic heterocycles. The molecule has 0 spiro atoms. The maximum atomic E-state index is 13.3. The second kappa shape index (κ2) is 7.86. The van der Waals surface area contributed by atoms with Gasteiger partial charge in [0, 0.05) is 35.8 Å². The molecular weight excluding hydrogens is 437 g/mol. The molecule has 1 aliphatic rings. The Kier molecular flexibility index (Phi) is 5.42. The summed E-state index contributed by atoms with van der Waals surface area (Å²) >= 11 is 0. The van der Waals surface area contributed by atoms with E-state index in [0.717, 1.165) is 16.7 Å². The van der Waals surface area contributed by atoms with Crippen LogP contribution in [0.5, 0.6) is 5.88 Å². The number of ether oxygens (including phenoxy) is 1. The summed E-state index contributed by atoms with van der Waals surface area (Å²) in [5, 5.41) is 9.19. The van der Waals surface area contributed by atoms with Gasteiger partial charge >= 0.3 is 12.1 Å². The number of carbonyl (C=O) groups is 1. The van der Waals surface area contributed by atoms with Crippen molar-refractivity contribution in [1.82, 2.24) is 19.9 Å². The lowest BCUT2D eigenvalue weighted by atomic mass is 9.95. The first kappa shape index (κ1) is 22.8. The van der Waals surface area contributed by atoms with Crippen LogP contribution in [0.25, 0.3) is 22.6 Å². The first-order valence-corrected chi connectivity index (χ1v) is 10.3. The molecule has 3 aromatic rings. The van der Waals surface area contributed by atoms with E-state index < -0.39 is 23.0 Å². The topological polar surface area (TPSA) is 101 Å². The van der Waals surface area contributed by atoms with Crippen LogP contribution in [-0.4, -0.2) is 43.8 Å². The third kappa shape index (κ3) is 4.29. The highest BCUT2D eigenvalue weighted by atomic mass is 19.4. The Morgan fingerprint density at radius 2 is 1.88 bits per heavy atom. The number of halogens is 3. The van der Waals surface area contributed by atoms with E-state index in [1.165, 1.54) is 6.20 Å². The van der Waals surface area contributed by atoms with Crippen LogP contribution >= 0.6 is 0 Å². The molecule has 10 heteroatoms. The molecule has 0 unspecified atom stereocenters. The number of hydrogen-bond acceptors (Lipinski definition) is 5. The van der Waals surface area contributed by atoms with Gasteiger partial charge in [-0.1, -0.05) is 6.07 Å². The fraction of sp³-hybridized carbons (Fsp3) is 0.391. The summed E-state index contributed by atoms with van der Waals surface area (Å²) in [6, 6.07) is 5.19. The third-order valence-electron chi connectivity index (χ3n) is 5.95. The van der Waals surface area contributed by atoms with Gasteiger partial charge in [0.1, 0.15) is 17.7 Å². The number of nitrogens with zero attached hydrogens (tertiary/aromatic N) is 3. The van der Waals surface area contributed by atoms with Gasteiger partial charge in [-0.15, -0.1) is 0 Å². The van der Waals surface area contributed by atoms with E-state index in [4.69, 9.17) is 4.74 Å². The van der Waals surface area contributed by atoms with Crippen LogP contribution < -0.4 is 4.74 Å². The zero-order valence-corrected chi connectivity index (χ0v) is 18.3. The Hall–Kier alpha value is -3.43. The monoisotopic (exact) mass is 460 g/mol. The summed E-state index contributed by atoms with van der Waals surface area (Å²) in [6.07, 6.45) is 0.267. The second-order valence-electron chi connectivity index (χ2n) is 8.97. The van der Waals surface area contributed by atoms with Crippen molar-refractivity contribution in [2.75, 3.05) is 6.61 Å². The SMILES string of the molecule is Cc1cc(OCC(C)(C)C(=O)O)ncc1-c1ccc(-c2ncc(C3(C(F)(F)F)CC3)[nH]2)nc1. The van der Waals surface area contributed by atoms with Crippen LogP contribution in [0.1, 0.15) is 37.9 Å². The van der Waals surface area contributed by atoms with Gasteiger partial charge in [-0.3, -0.25) is 9.78 Å². The van der Waals surface area contributed by atoms with Gasteiger partial charge in [0.05, 0.1) is 11.1 Å². The fourth-order valence-electron chi connectivity index (χ4n) is 3.45. The quantitative estimate of drug-likeness (QED) is 0.519. The van der Waals surface area contributed by atoms with Crippen LogP contribution in [0.15, 0.2) is 36.8 Å². The van der Waals surface area contributed by atoms with E-state index in [1.807, 2.05) is 6.92 Å². The van der Waals surface area contributed by atoms with Gasteiger partial charge in [-0.2, -0.15) is 13.2 Å². The van der Waals surface area contributed by atoms with Crippen molar-refractivity contribution in [2.24, 2.45) is 5.41 Å². The van der Waals surface area contributed by atoms with Gasteiger partial charge < -0.3 is 14.8 Å². The molecule has 1 aliphatic carbocycles. The van der Waals surface area contributed by atoms with E-state index >= 15 is 0 Å². The lowest BCUT2D eigenvalue weighted by Gasteiger charge is -2.19. The minimum Gasteiger partial charge on any atom is -0.481 e. The molecule has 0 atom stereocenters. The van der Waals surface area contributed by atoms with Crippen molar-refractivity contribution in [3.05, 3.63) is 48.0 Å². The summed E-state index contributed by atoms with van der Waals surface area (Å²) < 4.78 is 45.6. The Morgan fingerprint density at radius 1 is 1.15 bits per heavy atom. The smallest absolute Gasteiger partial charge is 0.399 e. The standard InChI is InChI=1S/C23H23F3N4O3/c1-13-8-18(33-12-21(2,3)20(31)32)28-10-15(13)14-4-5-16(27-9-14)19-29-11-17(30-19)22(6-7-22)23(24,25)26/h4-5,8-11H,6-7,12H2,1-3H3,(H,29,30)(H,31,32). The first-order chi connectivity index (χ1) is 15.4. The Morgan fingerprint density at radius 3 is 2.42 bits per heavy atom. The van der Waals surface area contributed by atoms with Gasteiger partial charge in [0.2, 0.25) is 5.88 Å². The Labute approximate surface area is 188 Å². The number of aliphatic carboxylic acids is 1. The molecule has 0 aromatic carbocycles. The maximum Gasteiger partial charge on any atom is 0.399 e. The molecule has 7 nitrogen and oxygen atoms in total. The maximum absolute atomic E-state index is 13.3. The first-order valence-electron chi connectivity index (χ1n) is 10.3. The molecule has 2 N–H and O–H groups in total. The zero-order chi connectivity index (χ0) is 24.0. The van der Waals surface area contributed by atoms with Crippen LogP contribution in [0, 0.1) is 12.3 Å². The minimum absolute atomic E-state index is 0.0227. The molecular formula is C23H23F3N4O3. The summed E-state index contributed by atoms with van der Waals surface area (Å²) in [5.74, 6) is -0.361. The van der Waals surface area contributed by atoms with E-state index in [2.05, 4.69) is 19.9 Å². The van der Waals surface area contributed by atoms with E-state index in [-0.39, 0.29) is 31.0 Å². The lowest BCUT2D eigenvalue weighted by Crippen LogP contribution is -2.30. The average molecular weight is 460 g/mol. The van der Waals surface area contributed by atoms with Crippen LogP contribution in [0.3, 0.4) is 0 Å². The van der Waals surface area contributed by atoms with E-state index in [0.29, 0.717) is 11.6 Å². The highest BCUT2D eigenvalue weighted by Crippen LogP contribution is 2.58. The van der Waals surface area contributed by atoms with Crippen molar-refractivity contribution in [2.45, 2.75) is 45.2 Å². The number of pyridine rings is 2. The van der Waals surface area contributed by atoms with E-state index in [1.54, 1.807) is 44.4 Å². The Bertz CT molecular complexity index is 1180. The molecule has 4 rings (SSSR count). The summed E-state index contributed by atoms with van der Waals surface area (Å²) in [5.41, 5.74) is 0.0597. The van der Waals surface area contributed by atoms with Gasteiger partial charge in [0.15, 0.2) is 5.82 Å². The molecule has 0 saturated heterocycles. The fourth-order valence-corrected chi connectivity index (χ4v) is 3.45. The molecule has 33 heavy (non-hydrogen) atoms. The number of alkyl halides is 3. The Balaban J connectivity index is 1.49. The van der Waals surface area contributed by atoms with Crippen LogP contribution in [-0.2, 0) is 10.2 Å². The van der Waals surface area contributed by atoms with Crippen molar-refractivity contribution in [1.29, 1.82) is 0 Å². The number of carboxylic acid groups (broad SMARTS) is 1. The van der Waals surface area contributed by atoms with Crippen molar-refractivity contribution >= 4 is 5.97 Å². The van der Waals surface area contributed by atoms with Gasteiger partial charge in [-0.25, -0.2) is 9.97 Å². The molecule has 3 aromatic heterocycles. The van der Waals surface area contributed by atoms with Crippen LogP contribution in [0.4, 0.5) is 13.2 Å². The minimum atomic E-state index is -4.31. The molecule has 1 fully saturated rings. The highest BCUT2D eigenvalue weighted by Gasteiger charge is 2.65. The van der Waals surface area contributed by atoms with Crippen molar-refractivity contribution in [3.63, 3.8) is 0 Å². The summed E-state index contributed by atoms with van der Waals surface area (Å²) in [4.78, 5) is 26.7. The number of H-pyrrole nitrogens is 1. The number of nitrogens with one attached hydrogen (secondary N) is 1. The van der Waals surface area contributed by atoms with E-state index in [9.17, 15) is 23.1 Å². The lowest BCUT2D eigenvalue weighted by molar-refractivity contribution is -0.161. The number of hydrogen-bond donors (Lipinski definition) is 2. The van der Waals surface area contributed by atoms with Crippen LogP contribution in [0.2, 0.25) is 0 Å². The average Bonchev–Trinajstić information content (AvgIpc) is 3.44. The predicted octanol–water partition coefficient (Wildman–Crippen LogP) is 4.93. The van der Waals surface area contributed by atoms with Gasteiger partial charge in [-0.05, 0) is 45.2 Å². The third-order valence-corrected chi connectivity index (χ3v) is 5.95. The number of rotatable bonds is 7. The number of imidazole rings is 1. The molecule has 1 saturated carbocycles. The molecule has 0 radical (unpaired) electrons.